The summed E-state index contributed by atoms with van der Waals surface area (Å²) in [5, 5.41) is 11.3. The Kier molecular flexibility index (Phi) is 5.80. The summed E-state index contributed by atoms with van der Waals surface area (Å²) in [6, 6.07) is 53.2. The zero-order valence-corrected chi connectivity index (χ0v) is 27.4. The Morgan fingerprint density at radius 3 is 1.92 bits per heavy atom. The number of nitrogens with zero attached hydrogens (tertiary/aromatic N) is 3. The number of benzene rings is 8. The molecule has 0 bridgehead atoms. The van der Waals surface area contributed by atoms with Crippen molar-refractivity contribution < 1.29 is 4.42 Å². The molecule has 0 amide bonds. The second-order valence-corrected chi connectivity index (χ2v) is 13.9. The van der Waals surface area contributed by atoms with E-state index in [1.54, 1.807) is 11.3 Å². The molecule has 0 fully saturated rings. The van der Waals surface area contributed by atoms with Gasteiger partial charge in [-0.15, -0.1) is 11.3 Å². The molecule has 11 aromatic rings. The molecular weight excluding hydrogens is 631 g/mol. The van der Waals surface area contributed by atoms with Crippen molar-refractivity contribution >= 4 is 85.8 Å². The van der Waals surface area contributed by atoms with Gasteiger partial charge >= 0.3 is 0 Å². The minimum atomic E-state index is 0.612. The van der Waals surface area contributed by atoms with Crippen LogP contribution in [-0.4, -0.2) is 15.0 Å². The van der Waals surface area contributed by atoms with Crippen molar-refractivity contribution in [3.63, 3.8) is 0 Å². The molecule has 0 aliphatic rings. The third-order valence-corrected chi connectivity index (χ3v) is 11.0. The molecule has 0 saturated heterocycles. The average Bonchev–Trinajstić information content (AvgIpc) is 3.74. The van der Waals surface area contributed by atoms with E-state index in [1.807, 2.05) is 18.2 Å². The summed E-state index contributed by atoms with van der Waals surface area (Å²) in [7, 11) is 0. The fourth-order valence-electron chi connectivity index (χ4n) is 7.50. The zero-order valence-electron chi connectivity index (χ0n) is 26.6. The van der Waals surface area contributed by atoms with Crippen LogP contribution < -0.4 is 0 Å². The highest BCUT2D eigenvalue weighted by Gasteiger charge is 2.22. The minimum absolute atomic E-state index is 0.612. The van der Waals surface area contributed by atoms with Gasteiger partial charge in [0, 0.05) is 53.0 Å². The molecule has 0 N–H and O–H groups in total. The van der Waals surface area contributed by atoms with E-state index in [2.05, 4.69) is 133 Å². The van der Waals surface area contributed by atoms with E-state index in [0.717, 1.165) is 65.6 Å². The van der Waals surface area contributed by atoms with Gasteiger partial charge in [0.15, 0.2) is 17.5 Å². The average molecular weight is 656 g/mol. The molecule has 4 nitrogen and oxygen atoms in total. The number of aromatic nitrogens is 3. The van der Waals surface area contributed by atoms with Crippen LogP contribution >= 0.6 is 11.3 Å². The topological polar surface area (TPSA) is 51.8 Å². The number of furan rings is 1. The summed E-state index contributed by atoms with van der Waals surface area (Å²) in [5.41, 5.74) is 4.49. The Morgan fingerprint density at radius 1 is 0.400 bits per heavy atom. The van der Waals surface area contributed by atoms with Gasteiger partial charge in [-0.05, 0) is 57.3 Å². The molecule has 0 saturated carbocycles. The van der Waals surface area contributed by atoms with E-state index in [9.17, 15) is 0 Å². The van der Waals surface area contributed by atoms with Crippen LogP contribution in [0.15, 0.2) is 156 Å². The smallest absolute Gasteiger partial charge is 0.164 e. The Labute approximate surface area is 289 Å². The highest BCUT2D eigenvalue weighted by molar-refractivity contribution is 7.25. The number of fused-ring (bicyclic) bond motifs is 11. The van der Waals surface area contributed by atoms with Gasteiger partial charge < -0.3 is 4.42 Å². The first-order valence-electron chi connectivity index (χ1n) is 16.7. The lowest BCUT2D eigenvalue weighted by molar-refractivity contribution is 0.673. The molecule has 3 heterocycles. The first-order valence-corrected chi connectivity index (χ1v) is 17.5. The maximum absolute atomic E-state index is 6.88. The molecule has 50 heavy (non-hydrogen) atoms. The third-order valence-electron chi connectivity index (χ3n) is 9.86. The largest absolute Gasteiger partial charge is 0.455 e. The van der Waals surface area contributed by atoms with Gasteiger partial charge in [0.2, 0.25) is 0 Å². The number of rotatable bonds is 3. The maximum atomic E-state index is 6.88. The Balaban J connectivity index is 1.24. The van der Waals surface area contributed by atoms with E-state index in [1.165, 1.54) is 25.6 Å². The van der Waals surface area contributed by atoms with Crippen molar-refractivity contribution in [3.05, 3.63) is 152 Å². The molecular formula is C45H25N3OS. The molecule has 11 rings (SSSR count). The van der Waals surface area contributed by atoms with Gasteiger partial charge in [-0.2, -0.15) is 0 Å². The summed E-state index contributed by atoms with van der Waals surface area (Å²) >= 11 is 1.80. The molecule has 0 aliphatic carbocycles. The summed E-state index contributed by atoms with van der Waals surface area (Å²) in [6.45, 7) is 0. The van der Waals surface area contributed by atoms with Crippen LogP contribution in [0.25, 0.3) is 109 Å². The lowest BCUT2D eigenvalue weighted by atomic mass is 9.95. The number of hydrogen-bond donors (Lipinski definition) is 0. The number of hydrogen-bond acceptors (Lipinski definition) is 5. The highest BCUT2D eigenvalue weighted by atomic mass is 32.1. The fourth-order valence-corrected chi connectivity index (χ4v) is 8.64. The molecule has 0 unspecified atom stereocenters. The predicted octanol–water partition coefficient (Wildman–Crippen LogP) is 12.6. The lowest BCUT2D eigenvalue weighted by Gasteiger charge is -2.12. The van der Waals surface area contributed by atoms with E-state index < -0.39 is 0 Å². The van der Waals surface area contributed by atoms with Crippen LogP contribution in [0.2, 0.25) is 0 Å². The molecule has 232 valence electrons. The van der Waals surface area contributed by atoms with Gasteiger partial charge in [0.1, 0.15) is 11.2 Å². The maximum Gasteiger partial charge on any atom is 0.164 e. The summed E-state index contributed by atoms with van der Waals surface area (Å²) in [6.07, 6.45) is 0. The van der Waals surface area contributed by atoms with Gasteiger partial charge in [-0.25, -0.2) is 15.0 Å². The zero-order chi connectivity index (χ0) is 32.8. The van der Waals surface area contributed by atoms with Crippen LogP contribution in [0.5, 0.6) is 0 Å². The monoisotopic (exact) mass is 655 g/mol. The Bertz CT molecular complexity index is 3160. The van der Waals surface area contributed by atoms with Crippen molar-refractivity contribution in [2.24, 2.45) is 0 Å². The van der Waals surface area contributed by atoms with Gasteiger partial charge in [0.05, 0.1) is 0 Å². The highest BCUT2D eigenvalue weighted by Crippen LogP contribution is 2.44. The van der Waals surface area contributed by atoms with E-state index in [-0.39, 0.29) is 0 Å². The normalized spacial score (nSPS) is 12.0. The van der Waals surface area contributed by atoms with Crippen LogP contribution in [0.1, 0.15) is 0 Å². The van der Waals surface area contributed by atoms with Crippen molar-refractivity contribution in [3.8, 4) is 34.2 Å². The van der Waals surface area contributed by atoms with Crippen molar-refractivity contribution in [1.29, 1.82) is 0 Å². The summed E-state index contributed by atoms with van der Waals surface area (Å²) in [5.74, 6) is 1.88. The molecule has 5 heteroatoms. The molecule has 0 atom stereocenters. The van der Waals surface area contributed by atoms with Crippen molar-refractivity contribution in [2.45, 2.75) is 0 Å². The minimum Gasteiger partial charge on any atom is -0.455 e. The predicted molar refractivity (Wildman–Crippen MR) is 209 cm³/mol. The second-order valence-electron chi connectivity index (χ2n) is 12.8. The second kappa shape index (κ2) is 10.5. The molecule has 0 radical (unpaired) electrons. The van der Waals surface area contributed by atoms with Gasteiger partial charge in [-0.3, -0.25) is 0 Å². The summed E-state index contributed by atoms with van der Waals surface area (Å²) < 4.78 is 9.36. The van der Waals surface area contributed by atoms with Crippen LogP contribution in [0.3, 0.4) is 0 Å². The molecule has 3 aromatic heterocycles. The van der Waals surface area contributed by atoms with Crippen LogP contribution in [0, 0.1) is 0 Å². The molecule has 0 spiro atoms. The van der Waals surface area contributed by atoms with Crippen LogP contribution in [0.4, 0.5) is 0 Å². The van der Waals surface area contributed by atoms with Crippen molar-refractivity contribution in [2.75, 3.05) is 0 Å². The molecule has 8 aromatic carbocycles. The third kappa shape index (κ3) is 4.14. The Hall–Kier alpha value is -6.43. The number of thiophene rings is 1. The first-order chi connectivity index (χ1) is 24.7. The first kappa shape index (κ1) is 27.5. The fraction of sp³-hybridized carbons (Fsp3) is 0. The quantitative estimate of drug-likeness (QED) is 0.178. The lowest BCUT2D eigenvalue weighted by Crippen LogP contribution is -2.00. The van der Waals surface area contributed by atoms with Gasteiger partial charge in [-0.1, -0.05) is 121 Å². The van der Waals surface area contributed by atoms with Gasteiger partial charge in [0.25, 0.3) is 0 Å². The standard InChI is InChI=1S/C45H25N3OS/c1-2-11-27(12-3-1)43-46-44(31-20-21-34-33-16-8-9-17-38(33)50-39(34)25-31)48-45(47-43)36-23-30-19-18-26-10-6-7-15-32(26)40(30)42-41(36)35-22-28-13-4-5-14-29(28)24-37(35)49-42/h1-25H. The van der Waals surface area contributed by atoms with Crippen molar-refractivity contribution in [1.82, 2.24) is 15.0 Å². The SMILES string of the molecule is c1ccc(-c2nc(-c3ccc4c(c3)sc3ccccc34)nc(-c3cc4ccc5ccccc5c4c4oc5cc6ccccc6cc5c34)n2)cc1. The van der Waals surface area contributed by atoms with E-state index in [0.29, 0.717) is 17.5 Å². The molecule has 0 aliphatic heterocycles. The van der Waals surface area contributed by atoms with E-state index >= 15 is 0 Å². The van der Waals surface area contributed by atoms with E-state index in [4.69, 9.17) is 19.4 Å². The van der Waals surface area contributed by atoms with Crippen LogP contribution in [-0.2, 0) is 0 Å². The Morgan fingerprint density at radius 2 is 1.06 bits per heavy atom. The summed E-state index contributed by atoms with van der Waals surface area (Å²) in [4.78, 5) is 15.6.